The molecule has 2 aliphatic heterocycles. The Morgan fingerprint density at radius 3 is 2.33 bits per heavy atom. The van der Waals surface area contributed by atoms with Crippen molar-refractivity contribution in [1.82, 2.24) is 15.0 Å². The van der Waals surface area contributed by atoms with Gasteiger partial charge in [-0.05, 0) is 55.3 Å². The van der Waals surface area contributed by atoms with Gasteiger partial charge in [-0.2, -0.15) is 0 Å². The first-order valence-electron chi connectivity index (χ1n) is 10.0. The third-order valence-corrected chi connectivity index (χ3v) is 5.84. The fraction of sp³-hybridized carbons (Fsp3) is 0.273. The van der Waals surface area contributed by atoms with Crippen molar-refractivity contribution in [3.8, 4) is 5.69 Å². The number of aromatic nitrogens is 3. The number of carbonyl (C=O) groups excluding carboxylic acids is 2. The van der Waals surface area contributed by atoms with Crippen molar-refractivity contribution >= 4 is 34.8 Å². The van der Waals surface area contributed by atoms with Gasteiger partial charge in [0.05, 0.1) is 11.4 Å². The van der Waals surface area contributed by atoms with Gasteiger partial charge >= 0.3 is 0 Å². The van der Waals surface area contributed by atoms with E-state index in [9.17, 15) is 9.59 Å². The van der Waals surface area contributed by atoms with Gasteiger partial charge in [-0.1, -0.05) is 22.9 Å². The van der Waals surface area contributed by atoms with Crippen LogP contribution >= 0.6 is 11.6 Å². The molecule has 2 amide bonds. The van der Waals surface area contributed by atoms with E-state index in [2.05, 4.69) is 10.3 Å². The number of rotatable bonds is 3. The number of hydrogen-bond donors (Lipinski definition) is 0. The van der Waals surface area contributed by atoms with Gasteiger partial charge in [0.15, 0.2) is 5.69 Å². The van der Waals surface area contributed by atoms with Crippen LogP contribution < -0.4 is 9.80 Å². The molecule has 5 rings (SSSR count). The van der Waals surface area contributed by atoms with Crippen LogP contribution in [0, 0.1) is 0 Å². The molecular weight excluding hydrogens is 402 g/mol. The van der Waals surface area contributed by atoms with Crippen molar-refractivity contribution in [3.05, 3.63) is 64.9 Å². The summed E-state index contributed by atoms with van der Waals surface area (Å²) in [7, 11) is 0. The molecule has 0 atom stereocenters. The number of nitrogens with zero attached hydrogens (tertiary/aromatic N) is 5. The maximum absolute atomic E-state index is 13.3. The summed E-state index contributed by atoms with van der Waals surface area (Å²) in [6.07, 6.45) is 3.18. The summed E-state index contributed by atoms with van der Waals surface area (Å²) in [4.78, 5) is 29.0. The van der Waals surface area contributed by atoms with E-state index in [4.69, 9.17) is 11.6 Å². The summed E-state index contributed by atoms with van der Waals surface area (Å²) < 4.78 is 1.55. The molecule has 0 aliphatic carbocycles. The van der Waals surface area contributed by atoms with Crippen LogP contribution in [0.15, 0.2) is 48.5 Å². The summed E-state index contributed by atoms with van der Waals surface area (Å²) >= 11 is 6.11. The van der Waals surface area contributed by atoms with E-state index in [-0.39, 0.29) is 11.8 Å². The van der Waals surface area contributed by atoms with E-state index in [1.165, 1.54) is 0 Å². The zero-order valence-corrected chi connectivity index (χ0v) is 17.0. The average Bonchev–Trinajstić information content (AvgIpc) is 3.20. The smallest absolute Gasteiger partial charge is 0.278 e. The monoisotopic (exact) mass is 421 g/mol. The minimum Gasteiger partial charge on any atom is -0.312 e. The number of piperidine rings is 1. The average molecular weight is 422 g/mol. The van der Waals surface area contributed by atoms with Gasteiger partial charge < -0.3 is 9.80 Å². The summed E-state index contributed by atoms with van der Waals surface area (Å²) in [5.41, 5.74) is 3.51. The lowest BCUT2D eigenvalue weighted by Gasteiger charge is -2.29. The van der Waals surface area contributed by atoms with Gasteiger partial charge in [0.25, 0.3) is 5.91 Å². The second kappa shape index (κ2) is 7.57. The molecule has 30 heavy (non-hydrogen) atoms. The largest absolute Gasteiger partial charge is 0.312 e. The Morgan fingerprint density at radius 1 is 0.833 bits per heavy atom. The number of fused-ring (bicyclic) bond motifs is 1. The summed E-state index contributed by atoms with van der Waals surface area (Å²) in [5.74, 6) is 0.00668. The molecule has 7 nitrogen and oxygen atoms in total. The van der Waals surface area contributed by atoms with Crippen LogP contribution in [-0.2, 0) is 11.2 Å². The molecule has 2 aliphatic rings. The quantitative estimate of drug-likeness (QED) is 0.647. The Labute approximate surface area is 178 Å². The van der Waals surface area contributed by atoms with Gasteiger partial charge in [0, 0.05) is 42.3 Å². The second-order valence-electron chi connectivity index (χ2n) is 7.50. The van der Waals surface area contributed by atoms with Crippen LogP contribution in [-0.4, -0.2) is 39.9 Å². The Bertz CT molecular complexity index is 1120. The number of carbonyl (C=O) groups is 2. The number of benzene rings is 2. The molecule has 0 N–H and O–H groups in total. The summed E-state index contributed by atoms with van der Waals surface area (Å²) in [6, 6.07) is 14.8. The lowest BCUT2D eigenvalue weighted by molar-refractivity contribution is -0.119. The van der Waals surface area contributed by atoms with Crippen LogP contribution in [0.1, 0.15) is 35.4 Å². The maximum Gasteiger partial charge on any atom is 0.278 e. The van der Waals surface area contributed by atoms with Crippen LogP contribution in [0.5, 0.6) is 0 Å². The van der Waals surface area contributed by atoms with Crippen molar-refractivity contribution in [2.75, 3.05) is 22.9 Å². The highest BCUT2D eigenvalue weighted by atomic mass is 35.5. The summed E-state index contributed by atoms with van der Waals surface area (Å²) in [5, 5.41) is 8.96. The highest BCUT2D eigenvalue weighted by Crippen LogP contribution is 2.28. The Morgan fingerprint density at radius 2 is 1.60 bits per heavy atom. The maximum atomic E-state index is 13.3. The molecule has 3 aromatic rings. The van der Waals surface area contributed by atoms with Crippen molar-refractivity contribution in [2.24, 2.45) is 0 Å². The molecule has 1 saturated heterocycles. The standard InChI is InChI=1S/C22H20ClN5O2/c23-15-4-3-5-18(14-15)28-21-19(24-25-28)11-13-27(22(21)30)17-9-7-16(8-10-17)26-12-2-1-6-20(26)29/h3-5,7-10,14H,1-2,6,11-13H2. The molecule has 1 fully saturated rings. The van der Waals surface area contributed by atoms with Crippen LogP contribution in [0.2, 0.25) is 5.02 Å². The molecule has 2 aromatic carbocycles. The van der Waals surface area contributed by atoms with Crippen molar-refractivity contribution in [2.45, 2.75) is 25.7 Å². The molecule has 3 heterocycles. The zero-order chi connectivity index (χ0) is 20.7. The van der Waals surface area contributed by atoms with E-state index >= 15 is 0 Å². The Kier molecular flexibility index (Phi) is 4.75. The SMILES string of the molecule is O=C1CCCCN1c1ccc(N2CCc3nnn(-c4cccc(Cl)c4)c3C2=O)cc1. The third kappa shape index (κ3) is 3.25. The molecule has 0 saturated carbocycles. The first kappa shape index (κ1) is 18.8. The van der Waals surface area contributed by atoms with Gasteiger partial charge in [0.2, 0.25) is 5.91 Å². The number of hydrogen-bond acceptors (Lipinski definition) is 4. The fourth-order valence-corrected chi connectivity index (χ4v) is 4.25. The molecule has 0 bridgehead atoms. The topological polar surface area (TPSA) is 71.3 Å². The van der Waals surface area contributed by atoms with Crippen molar-refractivity contribution in [3.63, 3.8) is 0 Å². The molecule has 8 heteroatoms. The summed E-state index contributed by atoms with van der Waals surface area (Å²) in [6.45, 7) is 1.27. The molecule has 0 spiro atoms. The van der Waals surface area contributed by atoms with Gasteiger partial charge in [-0.15, -0.1) is 5.10 Å². The molecular formula is C22H20ClN5O2. The molecule has 0 radical (unpaired) electrons. The molecule has 152 valence electrons. The minimum absolute atomic E-state index is 0.150. The number of amides is 2. The van der Waals surface area contributed by atoms with Crippen LogP contribution in [0.3, 0.4) is 0 Å². The van der Waals surface area contributed by atoms with Crippen molar-refractivity contribution < 1.29 is 9.59 Å². The number of anilines is 2. The van der Waals surface area contributed by atoms with E-state index in [0.717, 1.165) is 30.8 Å². The second-order valence-corrected chi connectivity index (χ2v) is 7.94. The van der Waals surface area contributed by atoms with Gasteiger partial charge in [0.1, 0.15) is 0 Å². The van der Waals surface area contributed by atoms with Gasteiger partial charge in [-0.3, -0.25) is 9.59 Å². The van der Waals surface area contributed by atoms with E-state index < -0.39 is 0 Å². The van der Waals surface area contributed by atoms with E-state index in [0.29, 0.717) is 41.5 Å². The fourth-order valence-electron chi connectivity index (χ4n) is 4.07. The van der Waals surface area contributed by atoms with Gasteiger partial charge in [-0.25, -0.2) is 4.68 Å². The predicted octanol–water partition coefficient (Wildman–Crippen LogP) is 3.64. The third-order valence-electron chi connectivity index (χ3n) is 5.61. The highest BCUT2D eigenvalue weighted by Gasteiger charge is 2.32. The first-order chi connectivity index (χ1) is 14.6. The minimum atomic E-state index is -0.150. The first-order valence-corrected chi connectivity index (χ1v) is 10.4. The molecule has 0 unspecified atom stereocenters. The number of halogens is 1. The molecule has 1 aromatic heterocycles. The van der Waals surface area contributed by atoms with E-state index in [1.54, 1.807) is 21.7 Å². The van der Waals surface area contributed by atoms with E-state index in [1.807, 2.05) is 41.3 Å². The zero-order valence-electron chi connectivity index (χ0n) is 16.3. The predicted molar refractivity (Wildman–Crippen MR) is 114 cm³/mol. The lowest BCUT2D eigenvalue weighted by Crippen LogP contribution is -2.39. The van der Waals surface area contributed by atoms with Crippen LogP contribution in [0.4, 0.5) is 11.4 Å². The normalized spacial score (nSPS) is 16.7. The highest BCUT2D eigenvalue weighted by molar-refractivity contribution is 6.30. The lowest BCUT2D eigenvalue weighted by atomic mass is 10.1. The van der Waals surface area contributed by atoms with Crippen LogP contribution in [0.25, 0.3) is 5.69 Å². The Hall–Kier alpha value is -3.19. The van der Waals surface area contributed by atoms with Crippen molar-refractivity contribution in [1.29, 1.82) is 0 Å². The Balaban J connectivity index is 1.44.